The first-order valence-electron chi connectivity index (χ1n) is 9.17. The van der Waals surface area contributed by atoms with Gasteiger partial charge in [-0.1, -0.05) is 6.07 Å². The molecule has 1 fully saturated rings. The molecule has 2 aromatic heterocycles. The van der Waals surface area contributed by atoms with Crippen LogP contribution in [-0.4, -0.2) is 35.6 Å². The molecular formula is C21H23N3O3. The number of ether oxygens (including phenoxy) is 2. The Balaban J connectivity index is 1.65. The molecule has 0 aliphatic carbocycles. The van der Waals surface area contributed by atoms with Crippen LogP contribution >= 0.6 is 0 Å². The third-order valence-corrected chi connectivity index (χ3v) is 5.02. The number of carbonyl (C=O) groups is 1. The SMILES string of the molecule is COc1ccc(-c2cn3cccc(C)c3n2)cc1NC(=O)C1CCOCC1. The largest absolute Gasteiger partial charge is 0.495 e. The fourth-order valence-electron chi connectivity index (χ4n) is 3.45. The van der Waals surface area contributed by atoms with Crippen LogP contribution in [0.4, 0.5) is 5.69 Å². The van der Waals surface area contributed by atoms with E-state index in [9.17, 15) is 4.79 Å². The number of benzene rings is 1. The summed E-state index contributed by atoms with van der Waals surface area (Å²) in [5.41, 5.74) is 4.50. The average Bonchev–Trinajstić information content (AvgIpc) is 3.14. The molecule has 1 amide bonds. The first-order chi connectivity index (χ1) is 13.2. The molecule has 3 heterocycles. The summed E-state index contributed by atoms with van der Waals surface area (Å²) in [5.74, 6) is 0.628. The predicted octanol–water partition coefficient (Wildman–Crippen LogP) is 3.68. The van der Waals surface area contributed by atoms with Crippen LogP contribution < -0.4 is 10.1 Å². The second-order valence-electron chi connectivity index (χ2n) is 6.84. The molecule has 1 saturated heterocycles. The highest BCUT2D eigenvalue weighted by atomic mass is 16.5. The van der Waals surface area contributed by atoms with Gasteiger partial charge < -0.3 is 19.2 Å². The number of aromatic nitrogens is 2. The maximum Gasteiger partial charge on any atom is 0.227 e. The third kappa shape index (κ3) is 3.53. The van der Waals surface area contributed by atoms with Gasteiger partial charge in [-0.25, -0.2) is 4.98 Å². The van der Waals surface area contributed by atoms with E-state index in [4.69, 9.17) is 14.5 Å². The Morgan fingerprint density at radius 2 is 2.11 bits per heavy atom. The maximum atomic E-state index is 12.6. The maximum absolute atomic E-state index is 12.6. The topological polar surface area (TPSA) is 64.9 Å². The molecule has 0 spiro atoms. The van der Waals surface area contributed by atoms with E-state index in [0.29, 0.717) is 24.7 Å². The Labute approximate surface area is 158 Å². The molecular weight excluding hydrogens is 342 g/mol. The lowest BCUT2D eigenvalue weighted by molar-refractivity contribution is -0.122. The number of hydrogen-bond acceptors (Lipinski definition) is 4. The summed E-state index contributed by atoms with van der Waals surface area (Å²) >= 11 is 0. The molecule has 1 aliphatic heterocycles. The number of rotatable bonds is 4. The summed E-state index contributed by atoms with van der Waals surface area (Å²) in [5, 5.41) is 3.03. The molecule has 27 heavy (non-hydrogen) atoms. The second-order valence-corrected chi connectivity index (χ2v) is 6.84. The lowest BCUT2D eigenvalue weighted by Crippen LogP contribution is -2.28. The summed E-state index contributed by atoms with van der Waals surface area (Å²) in [6.07, 6.45) is 5.48. The van der Waals surface area contributed by atoms with Crippen molar-refractivity contribution in [1.29, 1.82) is 0 Å². The molecule has 6 nitrogen and oxygen atoms in total. The van der Waals surface area contributed by atoms with E-state index >= 15 is 0 Å². The minimum Gasteiger partial charge on any atom is -0.495 e. The van der Waals surface area contributed by atoms with Crippen molar-refractivity contribution in [3.05, 3.63) is 48.3 Å². The van der Waals surface area contributed by atoms with Crippen LogP contribution in [0.1, 0.15) is 18.4 Å². The summed E-state index contributed by atoms with van der Waals surface area (Å²) in [7, 11) is 1.60. The molecule has 1 aliphatic rings. The van der Waals surface area contributed by atoms with Crippen LogP contribution in [0.2, 0.25) is 0 Å². The first-order valence-corrected chi connectivity index (χ1v) is 9.17. The van der Waals surface area contributed by atoms with Crippen LogP contribution in [0.5, 0.6) is 5.75 Å². The molecule has 0 radical (unpaired) electrons. The number of fused-ring (bicyclic) bond motifs is 1. The van der Waals surface area contributed by atoms with Gasteiger partial charge in [0.2, 0.25) is 5.91 Å². The number of nitrogens with zero attached hydrogens (tertiary/aromatic N) is 2. The Hall–Kier alpha value is -2.86. The van der Waals surface area contributed by atoms with Crippen LogP contribution in [0.3, 0.4) is 0 Å². The quantitative estimate of drug-likeness (QED) is 0.766. The van der Waals surface area contributed by atoms with E-state index in [2.05, 4.69) is 5.32 Å². The van der Waals surface area contributed by atoms with Gasteiger partial charge in [-0.05, 0) is 49.6 Å². The van der Waals surface area contributed by atoms with Crippen molar-refractivity contribution >= 4 is 17.2 Å². The van der Waals surface area contributed by atoms with Gasteiger partial charge in [-0.3, -0.25) is 4.79 Å². The van der Waals surface area contributed by atoms with E-state index in [-0.39, 0.29) is 11.8 Å². The van der Waals surface area contributed by atoms with E-state index in [1.165, 1.54) is 0 Å². The Morgan fingerprint density at radius 1 is 1.30 bits per heavy atom. The van der Waals surface area contributed by atoms with Gasteiger partial charge in [-0.2, -0.15) is 0 Å². The van der Waals surface area contributed by atoms with Crippen molar-refractivity contribution in [2.75, 3.05) is 25.6 Å². The number of nitrogens with one attached hydrogen (secondary N) is 1. The monoisotopic (exact) mass is 365 g/mol. The fourth-order valence-corrected chi connectivity index (χ4v) is 3.45. The van der Waals surface area contributed by atoms with Crippen LogP contribution in [0.15, 0.2) is 42.7 Å². The minimum atomic E-state index is -0.0232. The Bertz CT molecular complexity index is 974. The number of amides is 1. The molecule has 1 N–H and O–H groups in total. The Morgan fingerprint density at radius 3 is 2.85 bits per heavy atom. The summed E-state index contributed by atoms with van der Waals surface area (Å²) in [4.78, 5) is 17.4. The highest BCUT2D eigenvalue weighted by molar-refractivity contribution is 5.94. The van der Waals surface area contributed by atoms with Crippen molar-refractivity contribution in [1.82, 2.24) is 9.38 Å². The minimum absolute atomic E-state index is 0.0135. The molecule has 0 unspecified atom stereocenters. The molecule has 6 heteroatoms. The number of hydrogen-bond donors (Lipinski definition) is 1. The predicted molar refractivity (Wildman–Crippen MR) is 104 cm³/mol. The highest BCUT2D eigenvalue weighted by Crippen LogP contribution is 2.31. The summed E-state index contributed by atoms with van der Waals surface area (Å²) in [6.45, 7) is 3.31. The van der Waals surface area contributed by atoms with Crippen LogP contribution in [-0.2, 0) is 9.53 Å². The van der Waals surface area contributed by atoms with Gasteiger partial charge in [-0.15, -0.1) is 0 Å². The van der Waals surface area contributed by atoms with Gasteiger partial charge in [0, 0.05) is 37.1 Å². The summed E-state index contributed by atoms with van der Waals surface area (Å²) in [6, 6.07) is 9.79. The first kappa shape index (κ1) is 17.5. The van der Waals surface area contributed by atoms with Gasteiger partial charge in [0.25, 0.3) is 0 Å². The zero-order chi connectivity index (χ0) is 18.8. The zero-order valence-electron chi connectivity index (χ0n) is 15.6. The van der Waals surface area contributed by atoms with Crippen LogP contribution in [0.25, 0.3) is 16.9 Å². The van der Waals surface area contributed by atoms with E-state index < -0.39 is 0 Å². The van der Waals surface area contributed by atoms with E-state index in [1.807, 2.05) is 54.0 Å². The number of aryl methyl sites for hydroxylation is 1. The molecule has 3 aromatic rings. The lowest BCUT2D eigenvalue weighted by Gasteiger charge is -2.22. The number of anilines is 1. The third-order valence-electron chi connectivity index (χ3n) is 5.02. The highest BCUT2D eigenvalue weighted by Gasteiger charge is 2.22. The molecule has 0 bridgehead atoms. The smallest absolute Gasteiger partial charge is 0.227 e. The van der Waals surface area contributed by atoms with Gasteiger partial charge in [0.1, 0.15) is 11.4 Å². The molecule has 0 saturated carbocycles. The normalized spacial score (nSPS) is 15.0. The van der Waals surface area contributed by atoms with Gasteiger partial charge >= 0.3 is 0 Å². The molecule has 0 atom stereocenters. The molecule has 4 rings (SSSR count). The number of carbonyl (C=O) groups excluding carboxylic acids is 1. The van der Waals surface area contributed by atoms with Gasteiger partial charge in [0.15, 0.2) is 0 Å². The fraction of sp³-hybridized carbons (Fsp3) is 0.333. The van der Waals surface area contributed by atoms with Crippen molar-refractivity contribution < 1.29 is 14.3 Å². The zero-order valence-corrected chi connectivity index (χ0v) is 15.6. The van der Waals surface area contributed by atoms with Crippen LogP contribution in [0, 0.1) is 12.8 Å². The van der Waals surface area contributed by atoms with Crippen molar-refractivity contribution in [2.45, 2.75) is 19.8 Å². The van der Waals surface area contributed by atoms with E-state index in [0.717, 1.165) is 35.3 Å². The number of methoxy groups -OCH3 is 1. The van der Waals surface area contributed by atoms with Crippen molar-refractivity contribution in [3.63, 3.8) is 0 Å². The second kappa shape index (κ2) is 7.40. The lowest BCUT2D eigenvalue weighted by atomic mass is 9.99. The standard InChI is InChI=1S/C21H23N3O3/c1-14-4-3-9-24-13-18(22-20(14)24)16-5-6-19(26-2)17(12-16)23-21(25)15-7-10-27-11-8-15/h3-6,9,12-13,15H,7-8,10-11H2,1-2H3,(H,23,25). The number of pyridine rings is 1. The molecule has 1 aromatic carbocycles. The Kier molecular flexibility index (Phi) is 4.81. The average molecular weight is 365 g/mol. The molecule has 140 valence electrons. The van der Waals surface area contributed by atoms with Gasteiger partial charge in [0.05, 0.1) is 18.5 Å². The number of imidazole rings is 1. The van der Waals surface area contributed by atoms with E-state index in [1.54, 1.807) is 7.11 Å². The van der Waals surface area contributed by atoms with Crippen molar-refractivity contribution in [2.24, 2.45) is 5.92 Å². The summed E-state index contributed by atoms with van der Waals surface area (Å²) < 4.78 is 12.8. The van der Waals surface area contributed by atoms with Crippen molar-refractivity contribution in [3.8, 4) is 17.0 Å².